The van der Waals surface area contributed by atoms with Crippen LogP contribution in [0.2, 0.25) is 0 Å². The molecular formula is C17H14N4. The molecule has 0 saturated heterocycles. The van der Waals surface area contributed by atoms with Gasteiger partial charge in [-0.25, -0.2) is 0 Å². The number of hydrogen-bond donors (Lipinski definition) is 1. The van der Waals surface area contributed by atoms with Gasteiger partial charge in [-0.3, -0.25) is 5.10 Å². The molecule has 0 radical (unpaired) electrons. The Kier molecular flexibility index (Phi) is 3.66. The maximum Gasteiger partial charge on any atom is 0.0991 e. The first-order chi connectivity index (χ1) is 10.4. The molecule has 0 bridgehead atoms. The highest BCUT2D eigenvalue weighted by atomic mass is 15.2. The van der Waals surface area contributed by atoms with Gasteiger partial charge >= 0.3 is 0 Å². The van der Waals surface area contributed by atoms with Crippen LogP contribution in [0, 0.1) is 11.3 Å². The van der Waals surface area contributed by atoms with E-state index in [0.717, 1.165) is 16.9 Å². The molecule has 0 fully saturated rings. The Morgan fingerprint density at radius 1 is 1.05 bits per heavy atom. The molecule has 1 aromatic heterocycles. The summed E-state index contributed by atoms with van der Waals surface area (Å²) in [6, 6.07) is 20.0. The van der Waals surface area contributed by atoms with E-state index < -0.39 is 0 Å². The van der Waals surface area contributed by atoms with Gasteiger partial charge in [-0.1, -0.05) is 30.3 Å². The zero-order valence-electron chi connectivity index (χ0n) is 11.4. The van der Waals surface area contributed by atoms with Crippen molar-refractivity contribution in [3.8, 4) is 6.07 Å². The fraction of sp³-hybridized carbons (Fsp3) is 0.0588. The van der Waals surface area contributed by atoms with Crippen molar-refractivity contribution in [3.63, 3.8) is 0 Å². The molecule has 2 aromatic carbocycles. The summed E-state index contributed by atoms with van der Waals surface area (Å²) >= 11 is 0. The first-order valence-electron chi connectivity index (χ1n) is 6.67. The van der Waals surface area contributed by atoms with E-state index in [0.29, 0.717) is 12.1 Å². The van der Waals surface area contributed by atoms with Gasteiger partial charge in [-0.2, -0.15) is 10.4 Å². The molecule has 3 rings (SSSR count). The molecule has 0 aliphatic heterocycles. The smallest absolute Gasteiger partial charge is 0.0991 e. The maximum atomic E-state index is 9.02. The SMILES string of the molecule is N#Cc1cccc(CN(c2ccccc2)c2cn[nH]c2)c1. The van der Waals surface area contributed by atoms with Crippen LogP contribution >= 0.6 is 0 Å². The molecule has 1 N–H and O–H groups in total. The van der Waals surface area contributed by atoms with Gasteiger partial charge in [-0.05, 0) is 29.8 Å². The highest BCUT2D eigenvalue weighted by Crippen LogP contribution is 2.26. The van der Waals surface area contributed by atoms with E-state index in [1.807, 2.05) is 48.7 Å². The van der Waals surface area contributed by atoms with Crippen molar-refractivity contribution in [3.05, 3.63) is 78.1 Å². The third-order valence-corrected chi connectivity index (χ3v) is 3.26. The summed E-state index contributed by atoms with van der Waals surface area (Å²) in [4.78, 5) is 2.15. The van der Waals surface area contributed by atoms with Crippen LogP contribution in [-0.4, -0.2) is 10.2 Å². The second-order valence-corrected chi connectivity index (χ2v) is 4.69. The summed E-state index contributed by atoms with van der Waals surface area (Å²) in [5.74, 6) is 0. The molecule has 0 atom stereocenters. The molecule has 4 heteroatoms. The Morgan fingerprint density at radius 2 is 1.90 bits per heavy atom. The van der Waals surface area contributed by atoms with Crippen LogP contribution in [0.5, 0.6) is 0 Å². The summed E-state index contributed by atoms with van der Waals surface area (Å²) in [7, 11) is 0. The molecule has 0 amide bonds. The molecule has 4 nitrogen and oxygen atoms in total. The minimum atomic E-state index is 0.674. The van der Waals surface area contributed by atoms with Crippen molar-refractivity contribution in [2.75, 3.05) is 4.90 Å². The summed E-state index contributed by atoms with van der Waals surface area (Å²) in [6.45, 7) is 0.680. The highest BCUT2D eigenvalue weighted by Gasteiger charge is 2.11. The lowest BCUT2D eigenvalue weighted by Gasteiger charge is -2.23. The first-order valence-corrected chi connectivity index (χ1v) is 6.67. The van der Waals surface area contributed by atoms with Crippen molar-refractivity contribution in [2.45, 2.75) is 6.54 Å². The topological polar surface area (TPSA) is 55.7 Å². The number of anilines is 2. The second-order valence-electron chi connectivity index (χ2n) is 4.69. The number of rotatable bonds is 4. The van der Waals surface area contributed by atoms with Gasteiger partial charge in [0.2, 0.25) is 0 Å². The standard InChI is InChI=1S/C17H14N4/c18-10-14-5-4-6-15(9-14)13-21(17-11-19-20-12-17)16-7-2-1-3-8-16/h1-9,11-12H,13H2,(H,19,20). The molecule has 1 heterocycles. The maximum absolute atomic E-state index is 9.02. The lowest BCUT2D eigenvalue weighted by atomic mass is 10.1. The van der Waals surface area contributed by atoms with Gasteiger partial charge in [0.15, 0.2) is 0 Å². The zero-order chi connectivity index (χ0) is 14.5. The van der Waals surface area contributed by atoms with E-state index in [9.17, 15) is 0 Å². The number of para-hydroxylation sites is 1. The molecule has 0 aliphatic carbocycles. The summed E-state index contributed by atoms with van der Waals surface area (Å²) < 4.78 is 0. The number of nitriles is 1. The van der Waals surface area contributed by atoms with Gasteiger partial charge in [-0.15, -0.1) is 0 Å². The minimum Gasteiger partial charge on any atom is -0.334 e. The molecule has 21 heavy (non-hydrogen) atoms. The average molecular weight is 274 g/mol. The first kappa shape index (κ1) is 12.9. The van der Waals surface area contributed by atoms with Gasteiger partial charge in [0.25, 0.3) is 0 Å². The average Bonchev–Trinajstić information content (AvgIpc) is 3.08. The van der Waals surface area contributed by atoms with Crippen LogP contribution in [0.4, 0.5) is 11.4 Å². The Bertz CT molecular complexity index is 742. The number of nitrogens with one attached hydrogen (secondary N) is 1. The Morgan fingerprint density at radius 3 is 2.62 bits per heavy atom. The summed E-state index contributed by atoms with van der Waals surface area (Å²) in [6.07, 6.45) is 3.66. The Labute approximate surface area is 123 Å². The van der Waals surface area contributed by atoms with Gasteiger partial charge < -0.3 is 4.90 Å². The zero-order valence-corrected chi connectivity index (χ0v) is 11.4. The van der Waals surface area contributed by atoms with E-state index in [4.69, 9.17) is 5.26 Å². The van der Waals surface area contributed by atoms with Gasteiger partial charge in [0.05, 0.1) is 23.5 Å². The van der Waals surface area contributed by atoms with Crippen LogP contribution in [0.3, 0.4) is 0 Å². The number of nitrogens with zero attached hydrogens (tertiary/aromatic N) is 3. The van der Waals surface area contributed by atoms with E-state index in [-0.39, 0.29) is 0 Å². The van der Waals surface area contributed by atoms with E-state index >= 15 is 0 Å². The van der Waals surface area contributed by atoms with Crippen molar-refractivity contribution < 1.29 is 0 Å². The fourth-order valence-corrected chi connectivity index (χ4v) is 2.25. The van der Waals surface area contributed by atoms with Crippen molar-refractivity contribution in [1.29, 1.82) is 5.26 Å². The molecule has 0 unspecified atom stereocenters. The second kappa shape index (κ2) is 5.93. The monoisotopic (exact) mass is 274 g/mol. The molecule has 3 aromatic rings. The van der Waals surface area contributed by atoms with Gasteiger partial charge in [0.1, 0.15) is 0 Å². The largest absolute Gasteiger partial charge is 0.334 e. The molecule has 102 valence electrons. The number of H-pyrrole nitrogens is 1. The van der Waals surface area contributed by atoms with Crippen LogP contribution in [0.25, 0.3) is 0 Å². The van der Waals surface area contributed by atoms with E-state index in [2.05, 4.69) is 33.3 Å². The van der Waals surface area contributed by atoms with Crippen molar-refractivity contribution in [2.24, 2.45) is 0 Å². The van der Waals surface area contributed by atoms with Crippen molar-refractivity contribution in [1.82, 2.24) is 10.2 Å². The lowest BCUT2D eigenvalue weighted by Crippen LogP contribution is -2.15. The number of benzene rings is 2. The van der Waals surface area contributed by atoms with Gasteiger partial charge in [0, 0.05) is 18.4 Å². The minimum absolute atomic E-state index is 0.674. The fourth-order valence-electron chi connectivity index (χ4n) is 2.25. The lowest BCUT2D eigenvalue weighted by molar-refractivity contribution is 0.975. The molecule has 0 spiro atoms. The van der Waals surface area contributed by atoms with Crippen LogP contribution in [0.1, 0.15) is 11.1 Å². The highest BCUT2D eigenvalue weighted by molar-refractivity contribution is 5.62. The Balaban J connectivity index is 1.95. The summed E-state index contributed by atoms with van der Waals surface area (Å²) in [5.41, 5.74) is 3.83. The predicted octanol–water partition coefficient (Wildman–Crippen LogP) is 3.62. The number of hydrogen-bond acceptors (Lipinski definition) is 3. The summed E-state index contributed by atoms with van der Waals surface area (Å²) in [5, 5.41) is 15.9. The van der Waals surface area contributed by atoms with Crippen LogP contribution < -0.4 is 4.90 Å². The normalized spacial score (nSPS) is 10.0. The predicted molar refractivity (Wildman–Crippen MR) is 82.0 cm³/mol. The number of aromatic amines is 1. The van der Waals surface area contributed by atoms with Crippen molar-refractivity contribution >= 4 is 11.4 Å². The van der Waals surface area contributed by atoms with Crippen LogP contribution in [0.15, 0.2) is 67.0 Å². The third kappa shape index (κ3) is 2.93. The molecular weight excluding hydrogens is 260 g/mol. The molecule has 0 aliphatic rings. The van der Waals surface area contributed by atoms with E-state index in [1.165, 1.54) is 0 Å². The van der Waals surface area contributed by atoms with E-state index in [1.54, 1.807) is 6.20 Å². The molecule has 0 saturated carbocycles. The number of aromatic nitrogens is 2. The quantitative estimate of drug-likeness (QED) is 0.790. The van der Waals surface area contributed by atoms with Crippen LogP contribution in [-0.2, 0) is 6.54 Å². The Hall–Kier alpha value is -3.06. The third-order valence-electron chi connectivity index (χ3n) is 3.26.